The van der Waals surface area contributed by atoms with Gasteiger partial charge in [-0.3, -0.25) is 0 Å². The number of hydrogen-bond acceptors (Lipinski definition) is 0. The Bertz CT molecular complexity index is 326. The Morgan fingerprint density at radius 1 is 1.29 bits per heavy atom. The largest absolute Gasteiger partial charge is 0.246 e. The van der Waals surface area contributed by atoms with Crippen molar-refractivity contribution in [1.82, 2.24) is 0 Å². The average Bonchev–Trinajstić information content (AvgIpc) is 2.50. The zero-order chi connectivity index (χ0) is 10.2. The molecule has 0 spiro atoms. The highest BCUT2D eigenvalue weighted by Gasteiger charge is 2.44. The molecule has 0 saturated heterocycles. The van der Waals surface area contributed by atoms with Crippen LogP contribution in [0.25, 0.3) is 0 Å². The van der Waals surface area contributed by atoms with Crippen molar-refractivity contribution >= 4 is 0 Å². The Labute approximate surface area is 85.1 Å². The van der Waals surface area contributed by atoms with Gasteiger partial charge in [0.1, 0.15) is 6.17 Å². The second-order valence-corrected chi connectivity index (χ2v) is 4.19. The van der Waals surface area contributed by atoms with Crippen molar-refractivity contribution in [3.8, 4) is 0 Å². The maximum Gasteiger partial charge on any atom is 0.114 e. The van der Waals surface area contributed by atoms with Gasteiger partial charge in [-0.05, 0) is 24.0 Å². The quantitative estimate of drug-likeness (QED) is 0.671. The molecule has 0 nitrogen and oxygen atoms in total. The lowest BCUT2D eigenvalue weighted by Crippen LogP contribution is -2.31. The maximum atomic E-state index is 14.0. The Morgan fingerprint density at radius 3 is 2.57 bits per heavy atom. The zero-order valence-corrected chi connectivity index (χ0v) is 8.89. The highest BCUT2D eigenvalue weighted by molar-refractivity contribution is 5.41. The molecular formula is C13H17F. The fourth-order valence-corrected chi connectivity index (χ4v) is 2.82. The summed E-state index contributed by atoms with van der Waals surface area (Å²) in [6, 6.07) is 8.20. The molecule has 0 heterocycles. The third kappa shape index (κ3) is 1.11. The normalized spacial score (nSPS) is 23.5. The first-order valence-corrected chi connectivity index (χ1v) is 5.47. The molecule has 1 aliphatic rings. The van der Waals surface area contributed by atoms with Gasteiger partial charge in [-0.25, -0.2) is 4.39 Å². The van der Waals surface area contributed by atoms with E-state index in [1.165, 1.54) is 11.1 Å². The van der Waals surface area contributed by atoms with Crippen molar-refractivity contribution in [3.63, 3.8) is 0 Å². The molecule has 1 atom stereocenters. The molecule has 0 fully saturated rings. The molecule has 0 amide bonds. The van der Waals surface area contributed by atoms with E-state index in [4.69, 9.17) is 0 Å². The first kappa shape index (κ1) is 9.70. The predicted octanol–water partition coefficient (Wildman–Crippen LogP) is 3.64. The summed E-state index contributed by atoms with van der Waals surface area (Å²) in [5.41, 5.74) is 2.26. The van der Waals surface area contributed by atoms with Crippen LogP contribution in [-0.2, 0) is 11.8 Å². The van der Waals surface area contributed by atoms with Crippen LogP contribution in [0, 0.1) is 0 Å². The number of rotatable bonds is 2. The molecule has 0 aromatic heterocycles. The first-order chi connectivity index (χ1) is 6.74. The van der Waals surface area contributed by atoms with Gasteiger partial charge < -0.3 is 0 Å². The van der Waals surface area contributed by atoms with E-state index in [-0.39, 0.29) is 5.41 Å². The van der Waals surface area contributed by atoms with Crippen molar-refractivity contribution in [2.24, 2.45) is 0 Å². The minimum Gasteiger partial charge on any atom is -0.246 e. The fourth-order valence-electron chi connectivity index (χ4n) is 2.82. The minimum absolute atomic E-state index is 0.198. The Balaban J connectivity index is 2.53. The van der Waals surface area contributed by atoms with Crippen LogP contribution in [0.5, 0.6) is 0 Å². The van der Waals surface area contributed by atoms with Crippen molar-refractivity contribution in [3.05, 3.63) is 35.4 Å². The van der Waals surface area contributed by atoms with E-state index in [2.05, 4.69) is 26.0 Å². The topological polar surface area (TPSA) is 0 Å². The van der Waals surface area contributed by atoms with Gasteiger partial charge in [-0.15, -0.1) is 0 Å². The molecule has 1 aromatic rings. The van der Waals surface area contributed by atoms with Crippen LogP contribution in [-0.4, -0.2) is 6.17 Å². The molecule has 0 aliphatic heterocycles. The lowest BCUT2D eigenvalue weighted by molar-refractivity contribution is 0.192. The number of hydrogen-bond donors (Lipinski definition) is 0. The summed E-state index contributed by atoms with van der Waals surface area (Å²) >= 11 is 0. The van der Waals surface area contributed by atoms with Gasteiger partial charge in [0.2, 0.25) is 0 Å². The standard InChI is InChI=1S/C13H17F/c1-3-13(4-2)11-8-6-5-7-10(11)9-12(13)14/h5-8,12H,3-4,9H2,1-2H3. The van der Waals surface area contributed by atoms with Crippen LogP contribution in [0.4, 0.5) is 4.39 Å². The Kier molecular flexibility index (Phi) is 2.34. The lowest BCUT2D eigenvalue weighted by Gasteiger charge is -2.30. The molecule has 0 bridgehead atoms. The van der Waals surface area contributed by atoms with Crippen molar-refractivity contribution in [2.75, 3.05) is 0 Å². The van der Waals surface area contributed by atoms with E-state index in [0.29, 0.717) is 6.42 Å². The van der Waals surface area contributed by atoms with Crippen LogP contribution in [0.3, 0.4) is 0 Å². The molecule has 1 heteroatoms. The number of fused-ring (bicyclic) bond motifs is 1. The summed E-state index contributed by atoms with van der Waals surface area (Å²) < 4.78 is 14.0. The SMILES string of the molecule is CCC1(CC)c2ccccc2CC1F. The maximum absolute atomic E-state index is 14.0. The summed E-state index contributed by atoms with van der Waals surface area (Å²) in [7, 11) is 0. The second-order valence-electron chi connectivity index (χ2n) is 4.19. The Hall–Kier alpha value is -0.850. The molecule has 0 N–H and O–H groups in total. The highest BCUT2D eigenvalue weighted by atomic mass is 19.1. The van der Waals surface area contributed by atoms with Crippen molar-refractivity contribution in [2.45, 2.75) is 44.7 Å². The van der Waals surface area contributed by atoms with Gasteiger partial charge in [0, 0.05) is 11.8 Å². The molecule has 0 saturated carbocycles. The summed E-state index contributed by atoms with van der Waals surface area (Å²) in [6.45, 7) is 4.19. The lowest BCUT2D eigenvalue weighted by atomic mass is 9.76. The number of halogens is 1. The van der Waals surface area contributed by atoms with Gasteiger partial charge >= 0.3 is 0 Å². The average molecular weight is 192 g/mol. The third-order valence-corrected chi connectivity index (χ3v) is 3.81. The van der Waals surface area contributed by atoms with E-state index < -0.39 is 6.17 Å². The summed E-state index contributed by atoms with van der Waals surface area (Å²) in [4.78, 5) is 0. The highest BCUT2D eigenvalue weighted by Crippen LogP contribution is 2.45. The molecule has 1 unspecified atom stereocenters. The summed E-state index contributed by atoms with van der Waals surface area (Å²) in [6.07, 6.45) is 1.73. The van der Waals surface area contributed by atoms with E-state index in [1.807, 2.05) is 12.1 Å². The molecule has 76 valence electrons. The van der Waals surface area contributed by atoms with Gasteiger partial charge in [0.25, 0.3) is 0 Å². The second kappa shape index (κ2) is 3.38. The number of alkyl halides is 1. The van der Waals surface area contributed by atoms with Gasteiger partial charge in [-0.2, -0.15) is 0 Å². The van der Waals surface area contributed by atoms with Crippen LogP contribution in [0.1, 0.15) is 37.8 Å². The molecule has 2 rings (SSSR count). The molecular weight excluding hydrogens is 175 g/mol. The van der Waals surface area contributed by atoms with Gasteiger partial charge in [0.15, 0.2) is 0 Å². The van der Waals surface area contributed by atoms with Crippen molar-refractivity contribution in [1.29, 1.82) is 0 Å². The van der Waals surface area contributed by atoms with Crippen LogP contribution in [0.15, 0.2) is 24.3 Å². The Morgan fingerprint density at radius 2 is 1.93 bits per heavy atom. The van der Waals surface area contributed by atoms with Gasteiger partial charge in [0.05, 0.1) is 0 Å². The van der Waals surface area contributed by atoms with E-state index in [9.17, 15) is 4.39 Å². The number of benzene rings is 1. The smallest absolute Gasteiger partial charge is 0.114 e. The van der Waals surface area contributed by atoms with Crippen LogP contribution < -0.4 is 0 Å². The minimum atomic E-state index is -0.685. The third-order valence-electron chi connectivity index (χ3n) is 3.81. The molecule has 1 aromatic carbocycles. The zero-order valence-electron chi connectivity index (χ0n) is 8.89. The van der Waals surface area contributed by atoms with Crippen molar-refractivity contribution < 1.29 is 4.39 Å². The van der Waals surface area contributed by atoms with E-state index in [1.54, 1.807) is 0 Å². The van der Waals surface area contributed by atoms with Crippen LogP contribution in [0.2, 0.25) is 0 Å². The molecule has 0 radical (unpaired) electrons. The van der Waals surface area contributed by atoms with E-state index >= 15 is 0 Å². The predicted molar refractivity (Wildman–Crippen MR) is 57.3 cm³/mol. The summed E-state index contributed by atoms with van der Waals surface area (Å²) in [5, 5.41) is 0. The first-order valence-electron chi connectivity index (χ1n) is 5.47. The monoisotopic (exact) mass is 192 g/mol. The van der Waals surface area contributed by atoms with E-state index in [0.717, 1.165) is 12.8 Å². The summed E-state index contributed by atoms with van der Waals surface area (Å²) in [5.74, 6) is 0. The fraction of sp³-hybridized carbons (Fsp3) is 0.538. The van der Waals surface area contributed by atoms with Gasteiger partial charge in [-0.1, -0.05) is 38.1 Å². The molecule has 14 heavy (non-hydrogen) atoms. The van der Waals surface area contributed by atoms with Crippen LogP contribution >= 0.6 is 0 Å². The molecule has 1 aliphatic carbocycles.